The number of hydrogen-bond acceptors (Lipinski definition) is 6. The molecule has 1 aromatic carbocycles. The van der Waals surface area contributed by atoms with Crippen molar-refractivity contribution < 1.29 is 14.1 Å². The smallest absolute Gasteiger partial charge is 0.295 e. The summed E-state index contributed by atoms with van der Waals surface area (Å²) in [4.78, 5) is 28.5. The number of furan rings is 1. The highest BCUT2D eigenvalue weighted by Crippen LogP contribution is 2.22. The molecule has 23 heavy (non-hydrogen) atoms. The molecular formula is C15H13N3O4S. The fourth-order valence-corrected chi connectivity index (χ4v) is 3.13. The number of amides is 1. The number of aliphatic imine (C=N–C) groups is 1. The summed E-state index contributed by atoms with van der Waals surface area (Å²) in [5.74, 6) is 0.664. The van der Waals surface area contributed by atoms with Crippen LogP contribution in [0.15, 0.2) is 52.1 Å². The third kappa shape index (κ3) is 3.42. The summed E-state index contributed by atoms with van der Waals surface area (Å²) in [6.07, 6.45) is 1.46. The van der Waals surface area contributed by atoms with Crippen LogP contribution in [0.4, 0.5) is 5.69 Å². The van der Waals surface area contributed by atoms with Gasteiger partial charge in [-0.05, 0) is 17.7 Å². The van der Waals surface area contributed by atoms with Crippen LogP contribution in [0.5, 0.6) is 0 Å². The molecule has 1 aliphatic heterocycles. The minimum absolute atomic E-state index is 0.0616. The normalized spacial score (nSPS) is 13.9. The van der Waals surface area contributed by atoms with E-state index in [0.717, 1.165) is 5.56 Å². The number of hydrogen-bond donors (Lipinski definition) is 0. The zero-order valence-electron chi connectivity index (χ0n) is 12.0. The zero-order valence-corrected chi connectivity index (χ0v) is 12.9. The van der Waals surface area contributed by atoms with Gasteiger partial charge in [0.15, 0.2) is 10.9 Å². The van der Waals surface area contributed by atoms with Crippen molar-refractivity contribution in [1.29, 1.82) is 0 Å². The van der Waals surface area contributed by atoms with Gasteiger partial charge < -0.3 is 4.42 Å². The number of thioether (sulfide) groups is 1. The van der Waals surface area contributed by atoms with Crippen LogP contribution in [0.25, 0.3) is 0 Å². The minimum atomic E-state index is -0.429. The summed E-state index contributed by atoms with van der Waals surface area (Å²) in [6, 6.07) is 9.65. The molecule has 1 amide bonds. The van der Waals surface area contributed by atoms with E-state index in [1.165, 1.54) is 30.2 Å². The van der Waals surface area contributed by atoms with E-state index in [9.17, 15) is 14.9 Å². The molecule has 2 heterocycles. The number of nitrogens with zero attached hydrogens (tertiary/aromatic N) is 3. The average Bonchev–Trinajstić information content (AvgIpc) is 3.24. The maximum Gasteiger partial charge on any atom is 0.295 e. The Morgan fingerprint density at radius 3 is 2.78 bits per heavy atom. The molecule has 0 bridgehead atoms. The molecule has 2 aromatic rings. The standard InChI is InChI=1S/C15H13N3O4S/c19-14(13-2-1-9-22-13)17-8-7-16-15(17)23-10-11-3-5-12(6-4-11)18(20)21/h1-6,9H,7-8,10H2. The monoisotopic (exact) mass is 331 g/mol. The number of amidine groups is 1. The van der Waals surface area contributed by atoms with Crippen molar-refractivity contribution in [3.8, 4) is 0 Å². The van der Waals surface area contributed by atoms with Gasteiger partial charge in [0.2, 0.25) is 0 Å². The average molecular weight is 331 g/mol. The van der Waals surface area contributed by atoms with E-state index >= 15 is 0 Å². The van der Waals surface area contributed by atoms with Gasteiger partial charge in [0.1, 0.15) is 0 Å². The zero-order chi connectivity index (χ0) is 16.2. The number of carbonyl (C=O) groups excluding carboxylic acids is 1. The summed E-state index contributed by atoms with van der Waals surface area (Å²) in [6.45, 7) is 1.09. The maximum absolute atomic E-state index is 12.3. The summed E-state index contributed by atoms with van der Waals surface area (Å²) in [5, 5.41) is 11.3. The van der Waals surface area contributed by atoms with E-state index in [4.69, 9.17) is 4.42 Å². The summed E-state index contributed by atoms with van der Waals surface area (Å²) in [5.41, 5.74) is 0.993. The van der Waals surface area contributed by atoms with Gasteiger partial charge in [0, 0.05) is 24.4 Å². The van der Waals surface area contributed by atoms with Gasteiger partial charge in [0.05, 0.1) is 17.7 Å². The van der Waals surface area contributed by atoms with Crippen molar-refractivity contribution in [1.82, 2.24) is 4.90 Å². The first-order valence-corrected chi connectivity index (χ1v) is 7.89. The lowest BCUT2D eigenvalue weighted by molar-refractivity contribution is -0.384. The molecule has 0 aliphatic carbocycles. The van der Waals surface area contributed by atoms with Crippen molar-refractivity contribution in [2.45, 2.75) is 5.75 Å². The first kappa shape index (κ1) is 15.3. The molecule has 0 saturated carbocycles. The first-order valence-electron chi connectivity index (χ1n) is 6.91. The summed E-state index contributed by atoms with van der Waals surface area (Å²) in [7, 11) is 0. The highest BCUT2D eigenvalue weighted by atomic mass is 32.2. The lowest BCUT2D eigenvalue weighted by Gasteiger charge is -2.16. The second-order valence-electron chi connectivity index (χ2n) is 4.81. The SMILES string of the molecule is O=C(c1ccco1)N1CCN=C1SCc1ccc([N+](=O)[O-])cc1. The van der Waals surface area contributed by atoms with Crippen LogP contribution >= 0.6 is 11.8 Å². The van der Waals surface area contributed by atoms with Crippen LogP contribution in [0.2, 0.25) is 0 Å². The van der Waals surface area contributed by atoms with Gasteiger partial charge in [0.25, 0.3) is 11.6 Å². The van der Waals surface area contributed by atoms with E-state index in [1.807, 2.05) is 0 Å². The molecule has 0 atom stereocenters. The van der Waals surface area contributed by atoms with Crippen molar-refractivity contribution in [2.75, 3.05) is 13.1 Å². The van der Waals surface area contributed by atoms with Gasteiger partial charge >= 0.3 is 0 Å². The van der Waals surface area contributed by atoms with Gasteiger partial charge in [-0.1, -0.05) is 23.9 Å². The Bertz CT molecular complexity index is 741. The van der Waals surface area contributed by atoms with Crippen molar-refractivity contribution in [3.05, 3.63) is 64.1 Å². The molecule has 118 valence electrons. The van der Waals surface area contributed by atoms with Crippen LogP contribution in [0.3, 0.4) is 0 Å². The second-order valence-corrected chi connectivity index (χ2v) is 5.75. The lowest BCUT2D eigenvalue weighted by Crippen LogP contribution is -2.32. The Balaban J connectivity index is 1.63. The molecule has 1 aromatic heterocycles. The molecule has 1 aliphatic rings. The highest BCUT2D eigenvalue weighted by molar-refractivity contribution is 8.13. The quantitative estimate of drug-likeness (QED) is 0.635. The van der Waals surface area contributed by atoms with Crippen LogP contribution in [-0.4, -0.2) is 34.0 Å². The van der Waals surface area contributed by atoms with Crippen molar-refractivity contribution >= 4 is 28.5 Å². The molecule has 0 saturated heterocycles. The predicted molar refractivity (Wildman–Crippen MR) is 86.4 cm³/mol. The van der Waals surface area contributed by atoms with Gasteiger partial charge in [-0.25, -0.2) is 0 Å². The topological polar surface area (TPSA) is 89.0 Å². The lowest BCUT2D eigenvalue weighted by atomic mass is 10.2. The Morgan fingerprint density at radius 1 is 1.35 bits per heavy atom. The van der Waals surface area contributed by atoms with Crippen LogP contribution in [0.1, 0.15) is 16.1 Å². The van der Waals surface area contributed by atoms with E-state index < -0.39 is 4.92 Å². The van der Waals surface area contributed by atoms with E-state index in [2.05, 4.69) is 4.99 Å². The molecule has 0 fully saturated rings. The molecule has 7 nitrogen and oxygen atoms in total. The molecule has 0 N–H and O–H groups in total. The first-order chi connectivity index (χ1) is 11.1. The predicted octanol–water partition coefficient (Wildman–Crippen LogP) is 2.93. The minimum Gasteiger partial charge on any atom is -0.459 e. The molecule has 3 rings (SSSR count). The second kappa shape index (κ2) is 6.66. The van der Waals surface area contributed by atoms with Crippen LogP contribution < -0.4 is 0 Å². The largest absolute Gasteiger partial charge is 0.459 e. The summed E-state index contributed by atoms with van der Waals surface area (Å²) >= 11 is 1.43. The Kier molecular flexibility index (Phi) is 4.42. The molecule has 0 unspecified atom stereocenters. The number of benzene rings is 1. The number of rotatable bonds is 4. The maximum atomic E-state index is 12.3. The number of non-ortho nitro benzene ring substituents is 1. The van der Waals surface area contributed by atoms with Crippen molar-refractivity contribution in [2.24, 2.45) is 4.99 Å². The number of nitro groups is 1. The highest BCUT2D eigenvalue weighted by Gasteiger charge is 2.26. The number of carbonyl (C=O) groups is 1. The third-order valence-corrected chi connectivity index (χ3v) is 4.38. The molecule has 0 spiro atoms. The fraction of sp³-hybridized carbons (Fsp3) is 0.200. The Labute approximate surface area is 136 Å². The van der Waals surface area contributed by atoms with Gasteiger partial charge in [-0.15, -0.1) is 0 Å². The number of nitro benzene ring substituents is 1. The molecule has 8 heteroatoms. The van der Waals surface area contributed by atoms with E-state index in [0.29, 0.717) is 24.0 Å². The summed E-state index contributed by atoms with van der Waals surface area (Å²) < 4.78 is 5.14. The molecular weight excluding hydrogens is 318 g/mol. The third-order valence-electron chi connectivity index (χ3n) is 3.29. The van der Waals surface area contributed by atoms with Crippen LogP contribution in [-0.2, 0) is 5.75 Å². The van der Waals surface area contributed by atoms with Gasteiger partial charge in [-0.3, -0.25) is 24.8 Å². The van der Waals surface area contributed by atoms with Crippen molar-refractivity contribution in [3.63, 3.8) is 0 Å². The van der Waals surface area contributed by atoms with Gasteiger partial charge in [-0.2, -0.15) is 0 Å². The Hall–Kier alpha value is -2.61. The molecule has 0 radical (unpaired) electrons. The van der Waals surface area contributed by atoms with E-state index in [-0.39, 0.29) is 17.4 Å². The van der Waals surface area contributed by atoms with E-state index in [1.54, 1.807) is 29.2 Å². The Morgan fingerprint density at radius 2 is 2.13 bits per heavy atom. The van der Waals surface area contributed by atoms with Crippen LogP contribution in [0, 0.1) is 10.1 Å². The fourth-order valence-electron chi connectivity index (χ4n) is 2.13.